The van der Waals surface area contributed by atoms with Crippen molar-refractivity contribution in [3.05, 3.63) is 66.2 Å². The highest BCUT2D eigenvalue weighted by Crippen LogP contribution is 2.29. The fourth-order valence-electron chi connectivity index (χ4n) is 2.78. The molecule has 1 N–H and O–H groups in total. The van der Waals surface area contributed by atoms with Gasteiger partial charge in [-0.15, -0.1) is 0 Å². The molecule has 0 unspecified atom stereocenters. The lowest BCUT2D eigenvalue weighted by Crippen LogP contribution is -2.03. The van der Waals surface area contributed by atoms with Gasteiger partial charge in [0.15, 0.2) is 11.5 Å². The highest BCUT2D eigenvalue weighted by atomic mass is 16.5. The van der Waals surface area contributed by atoms with Crippen molar-refractivity contribution in [2.45, 2.75) is 20.4 Å². The molecule has 0 aromatic heterocycles. The molecule has 0 aliphatic heterocycles. The molecule has 0 heterocycles. The van der Waals surface area contributed by atoms with Crippen LogP contribution in [0.15, 0.2) is 60.7 Å². The van der Waals surface area contributed by atoms with Crippen molar-refractivity contribution in [2.24, 2.45) is 0 Å². The van der Waals surface area contributed by atoms with Gasteiger partial charge in [0.1, 0.15) is 0 Å². The minimum absolute atomic E-state index is 0.625. The van der Waals surface area contributed by atoms with Crippen LogP contribution in [0.4, 0.5) is 5.69 Å². The van der Waals surface area contributed by atoms with E-state index in [1.165, 1.54) is 10.8 Å². The van der Waals surface area contributed by atoms with Gasteiger partial charge in [-0.2, -0.15) is 0 Å². The van der Waals surface area contributed by atoms with Gasteiger partial charge in [-0.05, 0) is 43.0 Å². The van der Waals surface area contributed by atoms with E-state index in [1.54, 1.807) is 0 Å². The third kappa shape index (κ3) is 3.62. The number of nitrogens with one attached hydrogen (secondary N) is 1. The molecular weight excluding hydrogens is 298 g/mol. The molecule has 3 nitrogen and oxygen atoms in total. The van der Waals surface area contributed by atoms with E-state index in [4.69, 9.17) is 9.47 Å². The summed E-state index contributed by atoms with van der Waals surface area (Å²) in [4.78, 5) is 0. The number of fused-ring (bicyclic) bond motifs is 1. The molecule has 0 bridgehead atoms. The summed E-state index contributed by atoms with van der Waals surface area (Å²) >= 11 is 0. The first kappa shape index (κ1) is 16.2. The van der Waals surface area contributed by atoms with E-state index in [0.717, 1.165) is 29.3 Å². The Morgan fingerprint density at radius 2 is 1.54 bits per heavy atom. The lowest BCUT2D eigenvalue weighted by atomic mass is 10.1. The van der Waals surface area contributed by atoms with E-state index < -0.39 is 0 Å². The molecular formula is C21H23NO2. The molecule has 124 valence electrons. The minimum atomic E-state index is 0.625. The number of anilines is 1. The summed E-state index contributed by atoms with van der Waals surface area (Å²) in [5, 5.41) is 6.00. The Hall–Kier alpha value is -2.68. The minimum Gasteiger partial charge on any atom is -0.490 e. The molecule has 0 aliphatic carbocycles. The lowest BCUT2D eigenvalue weighted by Gasteiger charge is -2.14. The maximum atomic E-state index is 5.70. The second-order valence-corrected chi connectivity index (χ2v) is 5.53. The molecule has 0 amide bonds. The van der Waals surface area contributed by atoms with Crippen molar-refractivity contribution in [3.8, 4) is 11.5 Å². The van der Waals surface area contributed by atoms with Crippen molar-refractivity contribution >= 4 is 16.5 Å². The molecule has 0 atom stereocenters. The van der Waals surface area contributed by atoms with Gasteiger partial charge in [0.05, 0.1) is 13.2 Å². The van der Waals surface area contributed by atoms with E-state index >= 15 is 0 Å². The molecule has 0 saturated heterocycles. The lowest BCUT2D eigenvalue weighted by molar-refractivity contribution is 0.287. The Morgan fingerprint density at radius 3 is 2.38 bits per heavy atom. The standard InChI is InChI=1S/C21H23NO2/c1-3-23-20-13-12-16(14-21(20)24-4-2)15-22-19-11-7-9-17-8-5-6-10-18(17)19/h5-14,22H,3-4,15H2,1-2H3. The highest BCUT2D eigenvalue weighted by molar-refractivity contribution is 5.93. The van der Waals surface area contributed by atoms with Crippen LogP contribution in [0.3, 0.4) is 0 Å². The van der Waals surface area contributed by atoms with Gasteiger partial charge in [-0.3, -0.25) is 0 Å². The summed E-state index contributed by atoms with van der Waals surface area (Å²) < 4.78 is 11.3. The maximum Gasteiger partial charge on any atom is 0.161 e. The molecule has 3 aromatic carbocycles. The van der Waals surface area contributed by atoms with Crippen LogP contribution in [-0.2, 0) is 6.54 Å². The second kappa shape index (κ2) is 7.73. The Bertz CT molecular complexity index is 809. The van der Waals surface area contributed by atoms with Crippen LogP contribution in [0, 0.1) is 0 Å². The molecule has 3 rings (SSSR count). The monoisotopic (exact) mass is 321 g/mol. The average molecular weight is 321 g/mol. The first-order valence-corrected chi connectivity index (χ1v) is 8.42. The van der Waals surface area contributed by atoms with E-state index in [2.05, 4.69) is 53.8 Å². The Morgan fingerprint density at radius 1 is 0.792 bits per heavy atom. The van der Waals surface area contributed by atoms with Crippen LogP contribution in [0.1, 0.15) is 19.4 Å². The highest BCUT2D eigenvalue weighted by Gasteiger charge is 2.07. The summed E-state index contributed by atoms with van der Waals surface area (Å²) in [5.41, 5.74) is 2.30. The topological polar surface area (TPSA) is 30.5 Å². The first-order valence-electron chi connectivity index (χ1n) is 8.42. The summed E-state index contributed by atoms with van der Waals surface area (Å²) in [6.07, 6.45) is 0. The van der Waals surface area contributed by atoms with Crippen molar-refractivity contribution in [2.75, 3.05) is 18.5 Å². The van der Waals surface area contributed by atoms with Crippen molar-refractivity contribution < 1.29 is 9.47 Å². The van der Waals surface area contributed by atoms with Gasteiger partial charge in [0.2, 0.25) is 0 Å². The molecule has 0 saturated carbocycles. The average Bonchev–Trinajstić information content (AvgIpc) is 2.62. The van der Waals surface area contributed by atoms with Gasteiger partial charge < -0.3 is 14.8 Å². The van der Waals surface area contributed by atoms with E-state index in [-0.39, 0.29) is 0 Å². The Kier molecular flexibility index (Phi) is 5.22. The summed E-state index contributed by atoms with van der Waals surface area (Å²) in [7, 11) is 0. The third-order valence-electron chi connectivity index (χ3n) is 3.88. The molecule has 3 aromatic rings. The zero-order valence-corrected chi connectivity index (χ0v) is 14.2. The normalized spacial score (nSPS) is 10.6. The third-order valence-corrected chi connectivity index (χ3v) is 3.88. The fraction of sp³-hybridized carbons (Fsp3) is 0.238. The van der Waals surface area contributed by atoms with E-state index in [1.807, 2.05) is 26.0 Å². The van der Waals surface area contributed by atoms with E-state index in [9.17, 15) is 0 Å². The van der Waals surface area contributed by atoms with Crippen LogP contribution >= 0.6 is 0 Å². The number of hydrogen-bond acceptors (Lipinski definition) is 3. The van der Waals surface area contributed by atoms with Crippen molar-refractivity contribution in [3.63, 3.8) is 0 Å². The first-order chi connectivity index (χ1) is 11.8. The van der Waals surface area contributed by atoms with Gasteiger partial charge >= 0.3 is 0 Å². The van der Waals surface area contributed by atoms with Crippen molar-refractivity contribution in [1.29, 1.82) is 0 Å². The van der Waals surface area contributed by atoms with Gasteiger partial charge in [-0.1, -0.05) is 42.5 Å². The smallest absolute Gasteiger partial charge is 0.161 e. The van der Waals surface area contributed by atoms with Crippen LogP contribution in [0.5, 0.6) is 11.5 Å². The molecule has 0 aliphatic rings. The summed E-state index contributed by atoms with van der Waals surface area (Å²) in [5.74, 6) is 1.60. The van der Waals surface area contributed by atoms with Gasteiger partial charge in [0, 0.05) is 17.6 Å². The fourth-order valence-corrected chi connectivity index (χ4v) is 2.78. The molecule has 0 spiro atoms. The molecule has 3 heteroatoms. The number of rotatable bonds is 7. The Balaban J connectivity index is 1.79. The van der Waals surface area contributed by atoms with E-state index in [0.29, 0.717) is 13.2 Å². The predicted octanol–water partition coefficient (Wildman–Crippen LogP) is 5.25. The molecule has 24 heavy (non-hydrogen) atoms. The summed E-state index contributed by atoms with van der Waals surface area (Å²) in [6, 6.07) is 20.8. The largest absolute Gasteiger partial charge is 0.490 e. The SMILES string of the molecule is CCOc1ccc(CNc2cccc3ccccc23)cc1OCC. The second-order valence-electron chi connectivity index (χ2n) is 5.53. The number of hydrogen-bond donors (Lipinski definition) is 1. The quantitative estimate of drug-likeness (QED) is 0.645. The maximum absolute atomic E-state index is 5.70. The van der Waals surface area contributed by atoms with Crippen LogP contribution < -0.4 is 14.8 Å². The van der Waals surface area contributed by atoms with Crippen molar-refractivity contribution in [1.82, 2.24) is 0 Å². The van der Waals surface area contributed by atoms with Crippen LogP contribution in [-0.4, -0.2) is 13.2 Å². The van der Waals surface area contributed by atoms with Gasteiger partial charge in [0.25, 0.3) is 0 Å². The number of ether oxygens (including phenoxy) is 2. The Labute approximate surface area is 143 Å². The zero-order valence-electron chi connectivity index (χ0n) is 14.2. The predicted molar refractivity (Wildman–Crippen MR) is 100 cm³/mol. The number of benzene rings is 3. The van der Waals surface area contributed by atoms with Crippen LogP contribution in [0.2, 0.25) is 0 Å². The van der Waals surface area contributed by atoms with Crippen LogP contribution in [0.25, 0.3) is 10.8 Å². The summed E-state index contributed by atoms with van der Waals surface area (Å²) in [6.45, 7) is 5.96. The molecule has 0 fully saturated rings. The zero-order chi connectivity index (χ0) is 16.8. The molecule has 0 radical (unpaired) electrons. The van der Waals surface area contributed by atoms with Gasteiger partial charge in [-0.25, -0.2) is 0 Å².